The van der Waals surface area contributed by atoms with Gasteiger partial charge in [-0.15, -0.1) is 0 Å². The lowest BCUT2D eigenvalue weighted by molar-refractivity contribution is 0.349. The molecule has 18 aromatic rings. The van der Waals surface area contributed by atoms with Gasteiger partial charge in [-0.3, -0.25) is 0 Å². The van der Waals surface area contributed by atoms with E-state index in [-0.39, 0.29) is 150 Å². The molecule has 0 saturated carbocycles. The molecule has 0 aliphatic heterocycles. The zero-order valence-corrected chi connectivity index (χ0v) is 78.1. The number of phenolic OH excluding ortho intramolecular Hbond substituents is 26. The van der Waals surface area contributed by atoms with Gasteiger partial charge in [0.15, 0.2) is 74.8 Å². The zero-order valence-electron chi connectivity index (χ0n) is 78.1. The highest BCUT2D eigenvalue weighted by molar-refractivity contribution is 5.57. The van der Waals surface area contributed by atoms with Gasteiger partial charge in [0, 0.05) is 55.0 Å². The quantitative estimate of drug-likeness (QED) is 0.0280. The minimum Gasteiger partial charge on any atom is -0.508 e. The van der Waals surface area contributed by atoms with Gasteiger partial charge in [0.1, 0.15) is 86.4 Å². The Morgan fingerprint density at radius 3 is 0.599 bits per heavy atom. The fourth-order valence-corrected chi connectivity index (χ4v) is 14.0. The molecule has 0 fully saturated rings. The first-order valence-corrected chi connectivity index (χ1v) is 44.7. The van der Waals surface area contributed by atoms with Gasteiger partial charge in [-0.25, -0.2) is 17.6 Å². The minimum absolute atomic E-state index is 0.0858. The summed E-state index contributed by atoms with van der Waals surface area (Å²) < 4.78 is 53.6. The molecule has 18 rings (SSSR count). The van der Waals surface area contributed by atoms with Crippen LogP contribution in [-0.2, 0) is 57.8 Å². The van der Waals surface area contributed by atoms with Crippen LogP contribution in [0.1, 0.15) is 100 Å². The van der Waals surface area contributed by atoms with Crippen LogP contribution in [0, 0.1) is 23.3 Å². The van der Waals surface area contributed by atoms with E-state index < -0.39 is 46.3 Å². The van der Waals surface area contributed by atoms with Gasteiger partial charge in [-0.05, 0) is 309 Å². The molecule has 0 atom stereocenters. The molecule has 0 unspecified atom stereocenters. The maximum absolute atomic E-state index is 13.5. The van der Waals surface area contributed by atoms with Gasteiger partial charge in [0.2, 0.25) is 11.5 Å². The number of hydrogen-bond acceptors (Lipinski definition) is 26. The van der Waals surface area contributed by atoms with E-state index in [9.17, 15) is 78.8 Å². The van der Waals surface area contributed by atoms with Crippen LogP contribution in [0.15, 0.2) is 364 Å². The van der Waals surface area contributed by atoms with E-state index in [1.165, 1.54) is 97.1 Å². The third-order valence-corrected chi connectivity index (χ3v) is 21.7. The molecule has 30 heteroatoms. The van der Waals surface area contributed by atoms with Crippen molar-refractivity contribution in [2.75, 3.05) is 0 Å². The molecule has 0 bridgehead atoms. The van der Waals surface area contributed by atoms with Crippen molar-refractivity contribution >= 4 is 0 Å². The first-order chi connectivity index (χ1) is 70.1. The summed E-state index contributed by atoms with van der Waals surface area (Å²) in [5.41, 5.74) is 13.9. The molecule has 26 nitrogen and oxygen atoms in total. The second kappa shape index (κ2) is 53.2. The molecular weight excluding hydrogens is 1900 g/mol. The van der Waals surface area contributed by atoms with Crippen molar-refractivity contribution < 1.29 is 150 Å². The second-order valence-corrected chi connectivity index (χ2v) is 33.2. The van der Waals surface area contributed by atoms with Crippen molar-refractivity contribution in [3.05, 3.63) is 487 Å². The highest BCUT2D eigenvalue weighted by Gasteiger charge is 2.20. The largest absolute Gasteiger partial charge is 0.508 e. The lowest BCUT2D eigenvalue weighted by Crippen LogP contribution is -1.95. The van der Waals surface area contributed by atoms with E-state index in [1.54, 1.807) is 152 Å². The van der Waals surface area contributed by atoms with Crippen molar-refractivity contribution in [1.29, 1.82) is 0 Å². The maximum Gasteiger partial charge on any atom is 0.203 e. The van der Waals surface area contributed by atoms with Crippen molar-refractivity contribution in [1.82, 2.24) is 0 Å². The summed E-state index contributed by atoms with van der Waals surface area (Å²) in [7, 11) is 0. The Morgan fingerprint density at radius 1 is 0.116 bits per heavy atom. The molecule has 0 aliphatic rings. The number of benzene rings is 18. The van der Waals surface area contributed by atoms with Gasteiger partial charge in [0.25, 0.3) is 0 Å². The second-order valence-electron chi connectivity index (χ2n) is 33.2. The monoisotopic (exact) mass is 2000 g/mol. The Labute approximate surface area is 840 Å². The summed E-state index contributed by atoms with van der Waals surface area (Å²) in [4.78, 5) is 0. The highest BCUT2D eigenvalue weighted by Crippen LogP contribution is 2.42. The molecule has 0 spiro atoms. The van der Waals surface area contributed by atoms with E-state index >= 15 is 0 Å². The normalized spacial score (nSPS) is 10.3. The first-order valence-electron chi connectivity index (χ1n) is 44.7. The van der Waals surface area contributed by atoms with Gasteiger partial charge < -0.3 is 133 Å². The minimum atomic E-state index is -1.12. The SMILES string of the molecule is Oc1ccc(Cc2cc(F)c(O)c(O)c2O)c(F)c1.Oc1ccc(Cc2ccc(O)c(O)c2)c(F)c1.Oc1ccc(Cc2ccc(O)c(O)c2)cc1.Oc1ccc(Cc2ccc(O)c(O)c2)cc1O.Oc1ccc(Cc2ccc(O)c(O)c2O)cc1.Oc1ccc(Cc2ccc(O)cc2)cc1.Oc1ccc(Cc2cccc(O)c2)cc1.Oc1ccc(Cc2cccc(O)c2)cc1.Oc1cccc(Cc2ccc(O)cc2F)c1. The third-order valence-electron chi connectivity index (χ3n) is 21.7. The Morgan fingerprint density at radius 2 is 0.320 bits per heavy atom. The van der Waals surface area contributed by atoms with Crippen molar-refractivity contribution in [3.8, 4) is 149 Å². The van der Waals surface area contributed by atoms with Gasteiger partial charge >= 0.3 is 0 Å². The molecule has 0 saturated heterocycles. The Bertz CT molecular complexity index is 7180. The molecule has 18 aromatic carbocycles. The third kappa shape index (κ3) is 35.6. The van der Waals surface area contributed by atoms with Crippen molar-refractivity contribution in [2.45, 2.75) is 57.8 Å². The molecule has 0 aliphatic carbocycles. The van der Waals surface area contributed by atoms with Gasteiger partial charge in [0.05, 0.1) is 0 Å². The van der Waals surface area contributed by atoms with Crippen LogP contribution in [0.5, 0.6) is 149 Å². The summed E-state index contributed by atoms with van der Waals surface area (Å²) in [5, 5.41) is 240. The van der Waals surface area contributed by atoms with Crippen LogP contribution < -0.4 is 0 Å². The van der Waals surface area contributed by atoms with E-state index in [0.29, 0.717) is 47.9 Å². The maximum atomic E-state index is 13.5. The van der Waals surface area contributed by atoms with Crippen LogP contribution in [0.2, 0.25) is 0 Å². The number of halogens is 4. The van der Waals surface area contributed by atoms with E-state index in [2.05, 4.69) is 0 Å². The Kier molecular flexibility index (Phi) is 39.6. The highest BCUT2D eigenvalue weighted by atomic mass is 19.1. The smallest absolute Gasteiger partial charge is 0.203 e. The fourth-order valence-electron chi connectivity index (χ4n) is 14.0. The number of phenols is 26. The summed E-state index contributed by atoms with van der Waals surface area (Å²) in [5.74, 6) is -6.33. The van der Waals surface area contributed by atoms with Crippen LogP contribution in [0.3, 0.4) is 0 Å². The molecule has 0 amide bonds. The fraction of sp³-hybridized carbons (Fsp3) is 0.0769. The van der Waals surface area contributed by atoms with E-state index in [0.717, 1.165) is 110 Å². The van der Waals surface area contributed by atoms with Crippen molar-refractivity contribution in [3.63, 3.8) is 0 Å². The first kappa shape index (κ1) is 109. The number of hydrogen-bond donors (Lipinski definition) is 26. The zero-order chi connectivity index (χ0) is 107. The molecule has 0 heterocycles. The van der Waals surface area contributed by atoms with E-state index in [4.69, 9.17) is 71.5 Å². The molecular formula is C117H104F4O26. The Balaban J connectivity index is 0.000000169. The summed E-state index contributed by atoms with van der Waals surface area (Å²) in [6.45, 7) is 0. The molecule has 0 aromatic heterocycles. The lowest BCUT2D eigenvalue weighted by Gasteiger charge is -2.09. The van der Waals surface area contributed by atoms with Gasteiger partial charge in [-0.1, -0.05) is 158 Å². The Hall–Kier alpha value is -19.5. The predicted octanol–water partition coefficient (Wildman–Crippen LogP) is 22.4. The standard InChI is InChI=1S/C13H10F2O4.C13H11FO3.C13H11FO2.2C13H12O4.C13H12O3.3C13H12O2/c14-9-5-8(16)2-1-6(9)3-7-4-10(15)12(18)13(19)11(7)17;14-11-7-10(15)3-2-9(11)5-8-1-4-12(16)13(17)6-8;14-13-8-12(16)5-4-10(13)6-9-2-1-3-11(15)7-9;14-10-4-1-8(2-5-10)7-9-3-6-11(15)13(17)12(9)16;14-10-3-1-8(6-12(10)16)5-9-2-4-11(15)13(17)7-9;14-11-4-1-9(2-5-11)7-10-3-6-12(15)13(16)8-10;14-12-5-1-10(2-6-12)9-11-3-7-13(15)8-4-11;2*14-12-6-4-10(5-7-12)8-11-2-1-3-13(15)9-11/h1-2,4-5,16-19H,3H2;1-4,6-7,15-17H,5H2;1-5,7-8,15-16H,6H2;1-6,14-17H,7H2;1-4,6-7,14-17H,5H2;1-6,8,14-16H,7H2;1-8,14-15H,9H2;2*1-7,9,14-15H,8H2. The van der Waals surface area contributed by atoms with Crippen LogP contribution in [0.4, 0.5) is 17.6 Å². The van der Waals surface area contributed by atoms with Crippen LogP contribution >= 0.6 is 0 Å². The molecule has 756 valence electrons. The average Bonchev–Trinajstić information content (AvgIpc) is 0.806. The number of aromatic hydroxyl groups is 26. The average molecular weight is 2000 g/mol. The van der Waals surface area contributed by atoms with Crippen LogP contribution in [-0.4, -0.2) is 133 Å². The summed E-state index contributed by atoms with van der Waals surface area (Å²) in [6, 6.07) is 96.1. The van der Waals surface area contributed by atoms with Crippen molar-refractivity contribution in [2.24, 2.45) is 0 Å². The molecule has 147 heavy (non-hydrogen) atoms. The summed E-state index contributed by atoms with van der Waals surface area (Å²) >= 11 is 0. The van der Waals surface area contributed by atoms with Gasteiger partial charge in [-0.2, -0.15) is 0 Å². The topological polar surface area (TPSA) is 526 Å². The number of rotatable bonds is 18. The summed E-state index contributed by atoms with van der Waals surface area (Å²) in [6.07, 6.45) is 4.32. The van der Waals surface area contributed by atoms with E-state index in [1.807, 2.05) is 91.0 Å². The van der Waals surface area contributed by atoms with Crippen LogP contribution in [0.25, 0.3) is 0 Å². The predicted molar refractivity (Wildman–Crippen MR) is 544 cm³/mol. The lowest BCUT2D eigenvalue weighted by atomic mass is 10.0. The molecule has 0 radical (unpaired) electrons. The molecule has 26 N–H and O–H groups in total.